The van der Waals surface area contributed by atoms with Crippen LogP contribution in [0, 0.1) is 12.7 Å². The van der Waals surface area contributed by atoms with E-state index in [9.17, 15) is 18.8 Å². The molecule has 160 valence electrons. The first-order valence-electron chi connectivity index (χ1n) is 9.74. The van der Waals surface area contributed by atoms with Crippen molar-refractivity contribution in [2.24, 2.45) is 0 Å². The number of H-pyrrole nitrogens is 1. The minimum absolute atomic E-state index is 0.0731. The zero-order valence-electron chi connectivity index (χ0n) is 17.1. The number of ether oxygens (including phenoxy) is 1. The minimum Gasteiger partial charge on any atom is -0.462 e. The van der Waals surface area contributed by atoms with E-state index in [1.165, 1.54) is 24.4 Å². The Balaban J connectivity index is 2.04. The molecular formula is C24H21ClFNO4. The number of pyridine rings is 1. The fourth-order valence-electron chi connectivity index (χ4n) is 3.35. The van der Waals surface area contributed by atoms with E-state index in [1.54, 1.807) is 44.2 Å². The van der Waals surface area contributed by atoms with E-state index in [2.05, 4.69) is 4.98 Å². The van der Waals surface area contributed by atoms with E-state index in [0.29, 0.717) is 22.3 Å². The van der Waals surface area contributed by atoms with Gasteiger partial charge >= 0.3 is 5.97 Å². The molecule has 7 heteroatoms. The molecular weight excluding hydrogens is 421 g/mol. The molecule has 3 rings (SSSR count). The maximum atomic E-state index is 14.8. The van der Waals surface area contributed by atoms with Gasteiger partial charge in [-0.2, -0.15) is 0 Å². The van der Waals surface area contributed by atoms with Gasteiger partial charge in [0.2, 0.25) is 0 Å². The second kappa shape index (κ2) is 9.71. The number of aromatic nitrogens is 1. The van der Waals surface area contributed by atoms with Crippen LogP contribution in [-0.2, 0) is 4.74 Å². The zero-order chi connectivity index (χ0) is 22.5. The molecule has 0 spiro atoms. The van der Waals surface area contributed by atoms with E-state index in [-0.39, 0.29) is 35.0 Å². The van der Waals surface area contributed by atoms with Gasteiger partial charge in [-0.3, -0.25) is 9.59 Å². The lowest BCUT2D eigenvalue weighted by Gasteiger charge is -2.19. The van der Waals surface area contributed by atoms with Crippen molar-refractivity contribution >= 4 is 23.4 Å². The number of aryl methyl sites for hydroxylation is 1. The third kappa shape index (κ3) is 5.27. The average molecular weight is 442 g/mol. The van der Waals surface area contributed by atoms with Gasteiger partial charge in [0.1, 0.15) is 5.82 Å². The number of aromatic amines is 1. The number of carbonyl (C=O) groups is 2. The van der Waals surface area contributed by atoms with Gasteiger partial charge < -0.3 is 9.72 Å². The Kier molecular flexibility index (Phi) is 7.02. The zero-order valence-corrected chi connectivity index (χ0v) is 17.8. The van der Waals surface area contributed by atoms with Crippen LogP contribution in [0.15, 0.2) is 59.5 Å². The van der Waals surface area contributed by atoms with Crippen LogP contribution in [-0.4, -0.2) is 23.3 Å². The van der Waals surface area contributed by atoms with Gasteiger partial charge in [0.15, 0.2) is 5.78 Å². The molecule has 0 fully saturated rings. The summed E-state index contributed by atoms with van der Waals surface area (Å²) in [4.78, 5) is 39.3. The van der Waals surface area contributed by atoms with Crippen molar-refractivity contribution in [3.8, 4) is 0 Å². The van der Waals surface area contributed by atoms with Crippen molar-refractivity contribution in [3.05, 3.63) is 104 Å². The van der Waals surface area contributed by atoms with Crippen molar-refractivity contribution in [1.82, 2.24) is 4.98 Å². The summed E-state index contributed by atoms with van der Waals surface area (Å²) in [5, 5.41) is 0.239. The van der Waals surface area contributed by atoms with E-state index < -0.39 is 17.7 Å². The largest absolute Gasteiger partial charge is 0.462 e. The standard InChI is InChI=1S/C24H21ClFNO4/c1-3-31-24(30)16-6-4-5-15(10-16)20(19-8-7-18(25)11-21(19)26)12-22(28)17-9-14(2)23(29)27-13-17/h4-11,13,20H,3,12H2,1-2H3,(H,27,29). The number of benzene rings is 2. The molecule has 5 nitrogen and oxygen atoms in total. The summed E-state index contributed by atoms with van der Waals surface area (Å²) in [6.45, 7) is 3.54. The Morgan fingerprint density at radius 1 is 1.13 bits per heavy atom. The quantitative estimate of drug-likeness (QED) is 0.411. The molecule has 0 aliphatic rings. The molecule has 31 heavy (non-hydrogen) atoms. The SMILES string of the molecule is CCOC(=O)c1cccc(C(CC(=O)c2c[nH]c(=O)c(C)c2)c2ccc(Cl)cc2F)c1. The Morgan fingerprint density at radius 3 is 2.58 bits per heavy atom. The molecule has 0 aliphatic heterocycles. The number of Topliss-reactive ketones (excluding diaryl/α,β-unsaturated/α-hetero) is 1. The number of rotatable bonds is 7. The topological polar surface area (TPSA) is 76.2 Å². The Bertz CT molecular complexity index is 1190. The molecule has 3 aromatic rings. The average Bonchev–Trinajstić information content (AvgIpc) is 2.74. The predicted octanol–water partition coefficient (Wildman–Crippen LogP) is 5.06. The van der Waals surface area contributed by atoms with E-state index in [0.717, 1.165) is 0 Å². The third-order valence-electron chi connectivity index (χ3n) is 4.94. The van der Waals surface area contributed by atoms with Crippen molar-refractivity contribution in [3.63, 3.8) is 0 Å². The molecule has 1 N–H and O–H groups in total. The van der Waals surface area contributed by atoms with Crippen LogP contribution in [0.1, 0.15) is 56.7 Å². The van der Waals surface area contributed by atoms with E-state index in [4.69, 9.17) is 16.3 Å². The van der Waals surface area contributed by atoms with Crippen LogP contribution in [0.4, 0.5) is 4.39 Å². The summed E-state index contributed by atoms with van der Waals surface area (Å²) < 4.78 is 19.9. The maximum absolute atomic E-state index is 14.8. The van der Waals surface area contributed by atoms with Crippen LogP contribution in [0.3, 0.4) is 0 Å². The second-order valence-corrected chi connectivity index (χ2v) is 7.53. The molecule has 0 saturated carbocycles. The molecule has 2 aromatic carbocycles. The lowest BCUT2D eigenvalue weighted by molar-refractivity contribution is 0.0526. The molecule has 0 radical (unpaired) electrons. The highest BCUT2D eigenvalue weighted by molar-refractivity contribution is 6.30. The van der Waals surface area contributed by atoms with Gasteiger partial charge in [0.05, 0.1) is 12.2 Å². The van der Waals surface area contributed by atoms with Crippen LogP contribution in [0.25, 0.3) is 0 Å². The number of hydrogen-bond acceptors (Lipinski definition) is 4. The van der Waals surface area contributed by atoms with E-state index >= 15 is 0 Å². The molecule has 0 aliphatic carbocycles. The summed E-state index contributed by atoms with van der Waals surface area (Å²) >= 11 is 5.90. The van der Waals surface area contributed by atoms with Crippen molar-refractivity contribution in [2.45, 2.75) is 26.2 Å². The Morgan fingerprint density at radius 2 is 1.90 bits per heavy atom. The van der Waals surface area contributed by atoms with Gasteiger partial charge in [-0.1, -0.05) is 29.8 Å². The Labute approximate surface area is 183 Å². The molecule has 0 bridgehead atoms. The summed E-state index contributed by atoms with van der Waals surface area (Å²) in [6.07, 6.45) is 1.28. The minimum atomic E-state index is -0.675. The fraction of sp³-hybridized carbons (Fsp3) is 0.208. The maximum Gasteiger partial charge on any atom is 0.338 e. The number of carbonyl (C=O) groups excluding carboxylic acids is 2. The lowest BCUT2D eigenvalue weighted by atomic mass is 9.85. The lowest BCUT2D eigenvalue weighted by Crippen LogP contribution is -2.15. The summed E-state index contributed by atoms with van der Waals surface area (Å²) in [5.74, 6) is -2.00. The normalized spacial score (nSPS) is 11.7. The molecule has 1 unspecified atom stereocenters. The molecule has 1 atom stereocenters. The monoisotopic (exact) mass is 441 g/mol. The molecule has 0 saturated heterocycles. The van der Waals surface area contributed by atoms with Gasteiger partial charge in [-0.25, -0.2) is 9.18 Å². The highest BCUT2D eigenvalue weighted by atomic mass is 35.5. The number of ketones is 1. The highest BCUT2D eigenvalue weighted by Gasteiger charge is 2.24. The van der Waals surface area contributed by atoms with Gasteiger partial charge in [-0.05, 0) is 55.3 Å². The molecule has 1 aromatic heterocycles. The third-order valence-corrected chi connectivity index (χ3v) is 5.17. The highest BCUT2D eigenvalue weighted by Crippen LogP contribution is 2.33. The van der Waals surface area contributed by atoms with Gasteiger partial charge in [0, 0.05) is 34.7 Å². The van der Waals surface area contributed by atoms with E-state index in [1.807, 2.05) is 0 Å². The summed E-state index contributed by atoms with van der Waals surface area (Å²) in [7, 11) is 0. The number of hydrogen-bond donors (Lipinski definition) is 1. The smallest absolute Gasteiger partial charge is 0.338 e. The molecule has 0 amide bonds. The second-order valence-electron chi connectivity index (χ2n) is 7.09. The number of halogens is 2. The first-order valence-corrected chi connectivity index (χ1v) is 10.1. The van der Waals surface area contributed by atoms with Gasteiger partial charge in [-0.15, -0.1) is 0 Å². The first kappa shape index (κ1) is 22.4. The predicted molar refractivity (Wildman–Crippen MR) is 116 cm³/mol. The number of esters is 1. The molecule has 1 heterocycles. The van der Waals surface area contributed by atoms with Crippen molar-refractivity contribution < 1.29 is 18.7 Å². The van der Waals surface area contributed by atoms with Crippen LogP contribution in [0.2, 0.25) is 5.02 Å². The summed E-state index contributed by atoms with van der Waals surface area (Å²) in [6, 6.07) is 12.4. The van der Waals surface area contributed by atoms with Crippen molar-refractivity contribution in [1.29, 1.82) is 0 Å². The van der Waals surface area contributed by atoms with Crippen LogP contribution in [0.5, 0.6) is 0 Å². The first-order chi connectivity index (χ1) is 14.8. The van der Waals surface area contributed by atoms with Gasteiger partial charge in [0.25, 0.3) is 5.56 Å². The van der Waals surface area contributed by atoms with Crippen LogP contribution < -0.4 is 5.56 Å². The van der Waals surface area contributed by atoms with Crippen molar-refractivity contribution in [2.75, 3.05) is 6.61 Å². The summed E-state index contributed by atoms with van der Waals surface area (Å²) in [5.41, 5.74) is 1.62. The Hall–Kier alpha value is -3.25. The van der Waals surface area contributed by atoms with Crippen LogP contribution >= 0.6 is 11.6 Å². The number of nitrogens with one attached hydrogen (secondary N) is 1. The fourth-order valence-corrected chi connectivity index (χ4v) is 3.51.